The van der Waals surface area contributed by atoms with Crippen molar-refractivity contribution in [1.82, 2.24) is 4.90 Å². The summed E-state index contributed by atoms with van der Waals surface area (Å²) in [5.41, 5.74) is 7.11. The van der Waals surface area contributed by atoms with Gasteiger partial charge in [-0.3, -0.25) is 14.5 Å². The number of carbonyl (C=O) groups is 2. The Bertz CT molecular complexity index is 430. The molecule has 0 bridgehead atoms. The highest BCUT2D eigenvalue weighted by molar-refractivity contribution is 6.22. The highest BCUT2D eigenvalue weighted by Crippen LogP contribution is 2.14. The number of aryl methyl sites for hydroxylation is 1. The molecule has 1 aromatic rings. The van der Waals surface area contributed by atoms with Crippen molar-refractivity contribution in [3.8, 4) is 0 Å². The largest absolute Gasteiger partial charge is 0.363 e. The van der Waals surface area contributed by atoms with Crippen LogP contribution in [-0.2, 0) is 16.1 Å². The minimum absolute atomic E-state index is 0.0556. The molecule has 1 rings (SSSR count). The van der Waals surface area contributed by atoms with E-state index in [4.69, 9.17) is 4.79 Å². The summed E-state index contributed by atoms with van der Waals surface area (Å²) in [6, 6.07) is 9.26. The lowest BCUT2D eigenvalue weighted by molar-refractivity contribution is -0.129. The Morgan fingerprint density at radius 2 is 1.80 bits per heavy atom. The lowest BCUT2D eigenvalue weighted by atomic mass is 10.0. The van der Waals surface area contributed by atoms with Crippen molar-refractivity contribution in [2.45, 2.75) is 40.3 Å². The second kappa shape index (κ2) is 9.26. The topological polar surface area (TPSA) is 63.4 Å². The summed E-state index contributed by atoms with van der Waals surface area (Å²) < 4.78 is 0. The number of rotatable bonds is 5. The van der Waals surface area contributed by atoms with Crippen molar-refractivity contribution in [2.75, 3.05) is 7.05 Å². The molecule has 0 heterocycles. The van der Waals surface area contributed by atoms with E-state index in [1.165, 1.54) is 11.1 Å². The number of benzene rings is 1. The first-order valence-corrected chi connectivity index (χ1v) is 6.79. The number of carbonyl (C=O) groups excluding carboxylic acids is 2. The van der Waals surface area contributed by atoms with E-state index in [-0.39, 0.29) is 6.29 Å². The zero-order valence-electron chi connectivity index (χ0n) is 13.1. The number of nitrogens with zero attached hydrogens (tertiary/aromatic N) is 1. The fourth-order valence-corrected chi connectivity index (χ4v) is 1.71. The first-order valence-electron chi connectivity index (χ1n) is 6.79. The summed E-state index contributed by atoms with van der Waals surface area (Å²) in [5, 5.41) is 0. The highest BCUT2D eigenvalue weighted by atomic mass is 16.2. The van der Waals surface area contributed by atoms with Crippen LogP contribution in [0.5, 0.6) is 0 Å². The normalized spacial score (nSPS) is 11.8. The molecule has 1 atom stereocenters. The maximum Gasteiger partial charge on any atom is 0.281 e. The van der Waals surface area contributed by atoms with E-state index in [9.17, 15) is 4.79 Å². The SMILES string of the molecule is Cc1ccccc1CN(C)C(C)C(C)C.NC(=O)C=O. The van der Waals surface area contributed by atoms with E-state index >= 15 is 0 Å². The number of amides is 1. The molecule has 0 aliphatic rings. The van der Waals surface area contributed by atoms with E-state index in [1.807, 2.05) is 0 Å². The van der Waals surface area contributed by atoms with Crippen molar-refractivity contribution in [3.63, 3.8) is 0 Å². The molecule has 0 saturated carbocycles. The molecule has 1 amide bonds. The quantitative estimate of drug-likeness (QED) is 0.663. The first-order chi connectivity index (χ1) is 9.29. The van der Waals surface area contributed by atoms with E-state index in [2.05, 4.69) is 69.6 Å². The van der Waals surface area contributed by atoms with Crippen LogP contribution in [0.3, 0.4) is 0 Å². The molecule has 1 aromatic carbocycles. The van der Waals surface area contributed by atoms with E-state index in [1.54, 1.807) is 0 Å². The molecule has 2 N–H and O–H groups in total. The van der Waals surface area contributed by atoms with Crippen LogP contribution in [0.15, 0.2) is 24.3 Å². The van der Waals surface area contributed by atoms with Gasteiger partial charge in [-0.15, -0.1) is 0 Å². The third kappa shape index (κ3) is 7.04. The molecule has 0 spiro atoms. The fraction of sp³-hybridized carbons (Fsp3) is 0.500. The lowest BCUT2D eigenvalue weighted by Gasteiger charge is -2.28. The van der Waals surface area contributed by atoms with Crippen molar-refractivity contribution in [3.05, 3.63) is 35.4 Å². The molecule has 0 radical (unpaired) electrons. The Labute approximate surface area is 122 Å². The van der Waals surface area contributed by atoms with Crippen LogP contribution in [0.1, 0.15) is 31.9 Å². The molecule has 0 saturated heterocycles. The van der Waals surface area contributed by atoms with Crippen molar-refractivity contribution in [2.24, 2.45) is 11.7 Å². The summed E-state index contributed by atoms with van der Waals surface area (Å²) in [7, 11) is 2.21. The zero-order valence-corrected chi connectivity index (χ0v) is 13.1. The molecule has 20 heavy (non-hydrogen) atoms. The second-order valence-electron chi connectivity index (χ2n) is 5.35. The van der Waals surface area contributed by atoms with Gasteiger partial charge in [0.1, 0.15) is 0 Å². The number of hydrogen-bond donors (Lipinski definition) is 1. The molecule has 4 nitrogen and oxygen atoms in total. The van der Waals surface area contributed by atoms with Crippen LogP contribution < -0.4 is 5.73 Å². The standard InChI is InChI=1S/C14H23N.C2H3NO2/c1-11(2)13(4)15(5)10-14-9-7-6-8-12(14)3;3-2(5)1-4/h6-9,11,13H,10H2,1-5H3;1H,(H2,3,5). The number of hydrogen-bond acceptors (Lipinski definition) is 3. The van der Waals surface area contributed by atoms with Crippen LogP contribution >= 0.6 is 0 Å². The molecule has 4 heteroatoms. The second-order valence-corrected chi connectivity index (χ2v) is 5.35. The van der Waals surface area contributed by atoms with Gasteiger partial charge in [0.2, 0.25) is 6.29 Å². The Morgan fingerprint density at radius 3 is 2.20 bits per heavy atom. The average molecular weight is 278 g/mol. The van der Waals surface area contributed by atoms with Gasteiger partial charge in [0.15, 0.2) is 0 Å². The lowest BCUT2D eigenvalue weighted by Crippen LogP contribution is -2.32. The molecule has 0 aliphatic heterocycles. The first kappa shape index (κ1) is 18.3. The van der Waals surface area contributed by atoms with Crippen LogP contribution in [0.2, 0.25) is 0 Å². The van der Waals surface area contributed by atoms with Crippen LogP contribution in [0, 0.1) is 12.8 Å². The summed E-state index contributed by atoms with van der Waals surface area (Å²) >= 11 is 0. The van der Waals surface area contributed by atoms with E-state index < -0.39 is 5.91 Å². The monoisotopic (exact) mass is 278 g/mol. The summed E-state index contributed by atoms with van der Waals surface area (Å²) in [4.78, 5) is 20.7. The minimum Gasteiger partial charge on any atom is -0.363 e. The Balaban J connectivity index is 0.000000621. The third-order valence-electron chi connectivity index (χ3n) is 3.46. The zero-order chi connectivity index (χ0) is 15.7. The van der Waals surface area contributed by atoms with E-state index in [0.717, 1.165) is 6.54 Å². The van der Waals surface area contributed by atoms with Crippen LogP contribution in [0.4, 0.5) is 0 Å². The van der Waals surface area contributed by atoms with Gasteiger partial charge in [-0.25, -0.2) is 0 Å². The van der Waals surface area contributed by atoms with Gasteiger partial charge < -0.3 is 5.73 Å². The van der Waals surface area contributed by atoms with Crippen LogP contribution in [0.25, 0.3) is 0 Å². The molecule has 112 valence electrons. The van der Waals surface area contributed by atoms with Crippen molar-refractivity contribution >= 4 is 12.2 Å². The third-order valence-corrected chi connectivity index (χ3v) is 3.46. The number of nitrogens with two attached hydrogens (primary N) is 1. The van der Waals surface area contributed by atoms with Crippen LogP contribution in [-0.4, -0.2) is 30.2 Å². The summed E-state index contributed by atoms with van der Waals surface area (Å²) in [6.07, 6.45) is 0.0556. The van der Waals surface area contributed by atoms with Gasteiger partial charge in [-0.05, 0) is 37.9 Å². The van der Waals surface area contributed by atoms with Gasteiger partial charge in [0, 0.05) is 12.6 Å². The fourth-order valence-electron chi connectivity index (χ4n) is 1.71. The van der Waals surface area contributed by atoms with E-state index in [0.29, 0.717) is 12.0 Å². The predicted molar refractivity (Wildman–Crippen MR) is 82.2 cm³/mol. The molecule has 1 unspecified atom stereocenters. The molecular weight excluding hydrogens is 252 g/mol. The average Bonchev–Trinajstić information content (AvgIpc) is 2.40. The molecule has 0 aromatic heterocycles. The van der Waals surface area contributed by atoms with Gasteiger partial charge in [0.25, 0.3) is 5.91 Å². The molecule has 0 aliphatic carbocycles. The maximum atomic E-state index is 9.22. The van der Waals surface area contributed by atoms with Crippen molar-refractivity contribution in [1.29, 1.82) is 0 Å². The maximum absolute atomic E-state index is 9.22. The predicted octanol–water partition coefficient (Wildman–Crippen LogP) is 2.14. The highest BCUT2D eigenvalue weighted by Gasteiger charge is 2.13. The number of aldehydes is 1. The minimum atomic E-state index is -0.926. The Morgan fingerprint density at radius 1 is 1.30 bits per heavy atom. The smallest absolute Gasteiger partial charge is 0.281 e. The van der Waals surface area contributed by atoms with Gasteiger partial charge >= 0.3 is 0 Å². The number of primary amides is 1. The van der Waals surface area contributed by atoms with Gasteiger partial charge in [-0.1, -0.05) is 38.1 Å². The van der Waals surface area contributed by atoms with Gasteiger partial charge in [0.05, 0.1) is 0 Å². The van der Waals surface area contributed by atoms with Crippen molar-refractivity contribution < 1.29 is 9.59 Å². The molecular formula is C16H26N2O2. The Kier molecular flexibility index (Phi) is 8.48. The molecule has 0 fully saturated rings. The summed E-state index contributed by atoms with van der Waals surface area (Å²) in [5.74, 6) is -0.219. The van der Waals surface area contributed by atoms with Gasteiger partial charge in [-0.2, -0.15) is 0 Å². The summed E-state index contributed by atoms with van der Waals surface area (Å²) in [6.45, 7) is 10.1. The Hall–Kier alpha value is -1.68.